The van der Waals surface area contributed by atoms with Gasteiger partial charge in [0.1, 0.15) is 4.75 Å². The van der Waals surface area contributed by atoms with Crippen molar-refractivity contribution in [2.24, 2.45) is 0 Å². The van der Waals surface area contributed by atoms with E-state index in [0.29, 0.717) is 5.75 Å². The Balaban J connectivity index is 3.98. The second-order valence-corrected chi connectivity index (χ2v) is 4.92. The number of hydrogen-bond donors (Lipinski definition) is 2. The molecule has 6 heteroatoms. The van der Waals surface area contributed by atoms with E-state index in [0.717, 1.165) is 11.8 Å². The van der Waals surface area contributed by atoms with E-state index in [2.05, 4.69) is 0 Å². The average molecular weight is 224 g/mol. The summed E-state index contributed by atoms with van der Waals surface area (Å²) in [5, 5.41) is 17.2. The Morgan fingerprint density at radius 1 is 1.38 bits per heavy atom. The molecule has 0 aliphatic heterocycles. The van der Waals surface area contributed by atoms with E-state index < -0.39 is 16.7 Å². The van der Waals surface area contributed by atoms with Crippen molar-refractivity contribution < 1.29 is 19.8 Å². The zero-order valence-electron chi connectivity index (χ0n) is 7.44. The minimum absolute atomic E-state index is 0.0522. The Hall–Kier alpha value is -0.360. The van der Waals surface area contributed by atoms with Crippen LogP contribution in [0.15, 0.2) is 0 Å². The standard InChI is InChI=1S/C7H12O4S2/c1-7(12-2,6(10)11)4-13-3-5(8)9/h3-4H2,1-2H3,(H,8,9)(H,10,11). The topological polar surface area (TPSA) is 74.6 Å². The minimum Gasteiger partial charge on any atom is -0.481 e. The Morgan fingerprint density at radius 3 is 2.23 bits per heavy atom. The predicted molar refractivity (Wildman–Crippen MR) is 54.5 cm³/mol. The molecule has 0 saturated carbocycles. The van der Waals surface area contributed by atoms with E-state index in [1.807, 2.05) is 0 Å². The molecule has 0 rings (SSSR count). The Kier molecular flexibility index (Phi) is 5.24. The molecule has 0 aliphatic carbocycles. The number of carbonyl (C=O) groups is 2. The lowest BCUT2D eigenvalue weighted by atomic mass is 10.2. The largest absolute Gasteiger partial charge is 0.481 e. The second-order valence-electron chi connectivity index (χ2n) is 2.63. The Labute approximate surface area is 85.1 Å². The first-order valence-electron chi connectivity index (χ1n) is 3.50. The Bertz CT molecular complexity index is 207. The average Bonchev–Trinajstić information content (AvgIpc) is 2.03. The highest BCUT2D eigenvalue weighted by Crippen LogP contribution is 2.26. The molecule has 0 bridgehead atoms. The van der Waals surface area contributed by atoms with Crippen molar-refractivity contribution in [1.29, 1.82) is 0 Å². The van der Waals surface area contributed by atoms with Gasteiger partial charge in [-0.15, -0.1) is 23.5 Å². The second kappa shape index (κ2) is 5.39. The molecule has 0 aromatic carbocycles. The van der Waals surface area contributed by atoms with E-state index in [1.54, 1.807) is 13.2 Å². The molecule has 0 aromatic heterocycles. The molecule has 0 spiro atoms. The number of rotatable bonds is 6. The van der Waals surface area contributed by atoms with Gasteiger partial charge in [-0.3, -0.25) is 9.59 Å². The van der Waals surface area contributed by atoms with Gasteiger partial charge in [-0.25, -0.2) is 0 Å². The van der Waals surface area contributed by atoms with Crippen molar-refractivity contribution in [1.82, 2.24) is 0 Å². The highest BCUT2D eigenvalue weighted by Gasteiger charge is 2.32. The molecule has 0 fully saturated rings. The first kappa shape index (κ1) is 12.6. The first-order chi connectivity index (χ1) is 5.92. The quantitative estimate of drug-likeness (QED) is 0.701. The maximum absolute atomic E-state index is 10.7. The molecule has 2 N–H and O–H groups in total. The Morgan fingerprint density at radius 2 is 1.92 bits per heavy atom. The van der Waals surface area contributed by atoms with E-state index >= 15 is 0 Å². The fraction of sp³-hybridized carbons (Fsp3) is 0.714. The van der Waals surface area contributed by atoms with Gasteiger partial charge >= 0.3 is 11.9 Å². The zero-order valence-corrected chi connectivity index (χ0v) is 9.07. The molecule has 76 valence electrons. The van der Waals surface area contributed by atoms with Crippen LogP contribution in [-0.4, -0.2) is 44.7 Å². The van der Waals surface area contributed by atoms with Gasteiger partial charge in [-0.05, 0) is 13.2 Å². The van der Waals surface area contributed by atoms with Crippen LogP contribution in [-0.2, 0) is 9.59 Å². The lowest BCUT2D eigenvalue weighted by Gasteiger charge is -2.20. The van der Waals surface area contributed by atoms with Gasteiger partial charge in [0.15, 0.2) is 0 Å². The summed E-state index contributed by atoms with van der Waals surface area (Å²) >= 11 is 2.34. The number of carboxylic acids is 2. The molecular formula is C7H12O4S2. The van der Waals surface area contributed by atoms with Gasteiger partial charge in [0.25, 0.3) is 0 Å². The van der Waals surface area contributed by atoms with Gasteiger partial charge in [-0.1, -0.05) is 0 Å². The van der Waals surface area contributed by atoms with Crippen LogP contribution < -0.4 is 0 Å². The van der Waals surface area contributed by atoms with Crippen molar-refractivity contribution in [2.45, 2.75) is 11.7 Å². The highest BCUT2D eigenvalue weighted by atomic mass is 32.2. The summed E-state index contributed by atoms with van der Waals surface area (Å²) in [6.45, 7) is 1.59. The van der Waals surface area contributed by atoms with Crippen LogP contribution in [0.25, 0.3) is 0 Å². The molecule has 1 atom stereocenters. The minimum atomic E-state index is -0.918. The van der Waals surface area contributed by atoms with Crippen LogP contribution >= 0.6 is 23.5 Å². The molecule has 0 aromatic rings. The van der Waals surface area contributed by atoms with E-state index in [1.165, 1.54) is 11.8 Å². The third kappa shape index (κ3) is 4.42. The van der Waals surface area contributed by atoms with Crippen LogP contribution in [0.1, 0.15) is 6.92 Å². The summed E-state index contributed by atoms with van der Waals surface area (Å²) < 4.78 is -0.889. The number of carboxylic acid groups (broad SMARTS) is 2. The lowest BCUT2D eigenvalue weighted by Crippen LogP contribution is -2.34. The van der Waals surface area contributed by atoms with Crippen LogP contribution in [0.4, 0.5) is 0 Å². The molecule has 0 amide bonds. The number of aliphatic carboxylic acids is 2. The van der Waals surface area contributed by atoms with E-state index in [4.69, 9.17) is 10.2 Å². The summed E-state index contributed by atoms with van der Waals surface area (Å²) in [6, 6.07) is 0. The first-order valence-corrected chi connectivity index (χ1v) is 5.88. The summed E-state index contributed by atoms with van der Waals surface area (Å²) in [7, 11) is 0. The third-order valence-corrected chi connectivity index (χ3v) is 4.14. The summed E-state index contributed by atoms with van der Waals surface area (Å²) in [5.41, 5.74) is 0. The van der Waals surface area contributed by atoms with Crippen molar-refractivity contribution >= 4 is 35.5 Å². The molecular weight excluding hydrogens is 212 g/mol. The van der Waals surface area contributed by atoms with Crippen molar-refractivity contribution in [3.8, 4) is 0 Å². The van der Waals surface area contributed by atoms with Gasteiger partial charge in [0.2, 0.25) is 0 Å². The smallest absolute Gasteiger partial charge is 0.320 e. The van der Waals surface area contributed by atoms with Crippen molar-refractivity contribution in [3.05, 3.63) is 0 Å². The van der Waals surface area contributed by atoms with Crippen LogP contribution in [0.5, 0.6) is 0 Å². The summed E-state index contributed by atoms with van der Waals surface area (Å²) in [6.07, 6.45) is 1.70. The van der Waals surface area contributed by atoms with Gasteiger partial charge in [0, 0.05) is 5.75 Å². The number of thioether (sulfide) groups is 2. The van der Waals surface area contributed by atoms with Crippen LogP contribution in [0.3, 0.4) is 0 Å². The fourth-order valence-electron chi connectivity index (χ4n) is 0.541. The lowest BCUT2D eigenvalue weighted by molar-refractivity contribution is -0.139. The maximum atomic E-state index is 10.7. The maximum Gasteiger partial charge on any atom is 0.320 e. The monoisotopic (exact) mass is 224 g/mol. The van der Waals surface area contributed by atoms with Crippen molar-refractivity contribution in [2.75, 3.05) is 17.8 Å². The predicted octanol–water partition coefficient (Wildman–Crippen LogP) is 1.01. The molecule has 4 nitrogen and oxygen atoms in total. The normalized spacial score (nSPS) is 14.9. The van der Waals surface area contributed by atoms with E-state index in [-0.39, 0.29) is 5.75 Å². The fourth-order valence-corrected chi connectivity index (χ4v) is 2.23. The highest BCUT2D eigenvalue weighted by molar-refractivity contribution is 8.04. The molecule has 13 heavy (non-hydrogen) atoms. The summed E-state index contributed by atoms with van der Waals surface area (Å²) in [4.78, 5) is 20.9. The molecule has 1 unspecified atom stereocenters. The summed E-state index contributed by atoms with van der Waals surface area (Å²) in [5.74, 6) is -1.57. The van der Waals surface area contributed by atoms with Gasteiger partial charge in [-0.2, -0.15) is 0 Å². The van der Waals surface area contributed by atoms with Crippen LogP contribution in [0, 0.1) is 0 Å². The molecule has 0 radical (unpaired) electrons. The third-order valence-electron chi connectivity index (χ3n) is 1.51. The van der Waals surface area contributed by atoms with Crippen molar-refractivity contribution in [3.63, 3.8) is 0 Å². The van der Waals surface area contributed by atoms with E-state index in [9.17, 15) is 9.59 Å². The molecule has 0 heterocycles. The zero-order chi connectivity index (χ0) is 10.5. The van der Waals surface area contributed by atoms with Gasteiger partial charge < -0.3 is 10.2 Å². The molecule has 0 aliphatic rings. The van der Waals surface area contributed by atoms with Crippen LogP contribution in [0.2, 0.25) is 0 Å². The molecule has 0 saturated heterocycles. The SMILES string of the molecule is CSC(C)(CSCC(=O)O)C(=O)O. The van der Waals surface area contributed by atoms with Gasteiger partial charge in [0.05, 0.1) is 5.75 Å². The number of hydrogen-bond acceptors (Lipinski definition) is 4.